The number of benzene rings is 2. The maximum atomic E-state index is 12.4. The van der Waals surface area contributed by atoms with E-state index in [4.69, 9.17) is 0 Å². The van der Waals surface area contributed by atoms with Crippen molar-refractivity contribution in [3.8, 4) is 5.69 Å². The average Bonchev–Trinajstić information content (AvgIpc) is 3.17. The van der Waals surface area contributed by atoms with E-state index in [1.807, 2.05) is 67.5 Å². The monoisotopic (exact) mass is 333 g/mol. The lowest BCUT2D eigenvalue weighted by atomic mass is 10.1. The quantitative estimate of drug-likeness (QED) is 0.749. The predicted molar refractivity (Wildman–Crippen MR) is 103 cm³/mol. The number of amides is 1. The summed E-state index contributed by atoms with van der Waals surface area (Å²) in [4.78, 5) is 14.4. The van der Waals surface area contributed by atoms with Crippen LogP contribution in [0.3, 0.4) is 0 Å². The van der Waals surface area contributed by atoms with Crippen LogP contribution in [0.25, 0.3) is 5.69 Å². The lowest BCUT2D eigenvalue weighted by Gasteiger charge is -2.13. The highest BCUT2D eigenvalue weighted by atomic mass is 16.1. The van der Waals surface area contributed by atoms with Gasteiger partial charge in [0, 0.05) is 50.0 Å². The van der Waals surface area contributed by atoms with Crippen LogP contribution in [0, 0.1) is 0 Å². The van der Waals surface area contributed by atoms with Crippen molar-refractivity contribution in [2.45, 2.75) is 6.42 Å². The largest absolute Gasteiger partial charge is 0.378 e. The summed E-state index contributed by atoms with van der Waals surface area (Å²) >= 11 is 0. The smallest absolute Gasteiger partial charge is 0.251 e. The van der Waals surface area contributed by atoms with Crippen molar-refractivity contribution < 1.29 is 4.79 Å². The molecule has 3 aromatic rings. The summed E-state index contributed by atoms with van der Waals surface area (Å²) in [6, 6.07) is 20.0. The van der Waals surface area contributed by atoms with Crippen LogP contribution in [0.15, 0.2) is 73.1 Å². The molecule has 2 aromatic carbocycles. The first-order chi connectivity index (χ1) is 12.1. The number of nitrogens with one attached hydrogen (secondary N) is 1. The van der Waals surface area contributed by atoms with E-state index in [1.54, 1.807) is 0 Å². The zero-order valence-corrected chi connectivity index (χ0v) is 14.6. The van der Waals surface area contributed by atoms with Crippen molar-refractivity contribution in [1.29, 1.82) is 0 Å². The first kappa shape index (κ1) is 16.8. The van der Waals surface area contributed by atoms with E-state index in [0.29, 0.717) is 12.1 Å². The Hall–Kier alpha value is -3.01. The van der Waals surface area contributed by atoms with Crippen molar-refractivity contribution in [2.75, 3.05) is 25.5 Å². The molecule has 4 heteroatoms. The molecule has 1 aromatic heterocycles. The molecule has 0 bridgehead atoms. The molecule has 1 heterocycles. The highest BCUT2D eigenvalue weighted by molar-refractivity contribution is 5.94. The molecular weight excluding hydrogens is 310 g/mol. The number of rotatable bonds is 6. The molecule has 128 valence electrons. The summed E-state index contributed by atoms with van der Waals surface area (Å²) in [5, 5.41) is 3.00. The number of aromatic nitrogens is 1. The molecule has 0 saturated heterocycles. The van der Waals surface area contributed by atoms with Gasteiger partial charge in [-0.2, -0.15) is 0 Å². The van der Waals surface area contributed by atoms with E-state index >= 15 is 0 Å². The molecule has 0 atom stereocenters. The Morgan fingerprint density at radius 1 is 1.00 bits per heavy atom. The second-order valence-electron chi connectivity index (χ2n) is 6.21. The topological polar surface area (TPSA) is 37.3 Å². The molecule has 0 aliphatic heterocycles. The Labute approximate surface area is 148 Å². The van der Waals surface area contributed by atoms with Crippen LogP contribution in [0.2, 0.25) is 0 Å². The lowest BCUT2D eigenvalue weighted by molar-refractivity contribution is 0.0954. The van der Waals surface area contributed by atoms with E-state index in [1.165, 1.54) is 11.3 Å². The highest BCUT2D eigenvalue weighted by Crippen LogP contribution is 2.13. The van der Waals surface area contributed by atoms with Gasteiger partial charge in [-0.3, -0.25) is 4.79 Å². The van der Waals surface area contributed by atoms with Gasteiger partial charge in [0.15, 0.2) is 0 Å². The Kier molecular flexibility index (Phi) is 5.19. The number of hydrogen-bond donors (Lipinski definition) is 1. The summed E-state index contributed by atoms with van der Waals surface area (Å²) in [5.41, 5.74) is 4.05. The summed E-state index contributed by atoms with van der Waals surface area (Å²) in [6.45, 7) is 0.619. The van der Waals surface area contributed by atoms with Crippen LogP contribution >= 0.6 is 0 Å². The third-order valence-corrected chi connectivity index (χ3v) is 4.16. The van der Waals surface area contributed by atoms with Gasteiger partial charge < -0.3 is 14.8 Å². The fourth-order valence-corrected chi connectivity index (χ4v) is 2.70. The maximum Gasteiger partial charge on any atom is 0.251 e. The van der Waals surface area contributed by atoms with Gasteiger partial charge in [-0.05, 0) is 54.4 Å². The van der Waals surface area contributed by atoms with Crippen LogP contribution in [0.4, 0.5) is 5.69 Å². The Morgan fingerprint density at radius 2 is 1.72 bits per heavy atom. The van der Waals surface area contributed by atoms with Crippen molar-refractivity contribution in [3.63, 3.8) is 0 Å². The fourth-order valence-electron chi connectivity index (χ4n) is 2.70. The fraction of sp³-hybridized carbons (Fsp3) is 0.190. The third-order valence-electron chi connectivity index (χ3n) is 4.16. The second kappa shape index (κ2) is 7.71. The lowest BCUT2D eigenvalue weighted by Crippen LogP contribution is -2.25. The van der Waals surface area contributed by atoms with E-state index in [-0.39, 0.29) is 5.91 Å². The Bertz CT molecular complexity index is 821. The molecule has 0 unspecified atom stereocenters. The molecule has 0 spiro atoms. The molecule has 3 rings (SSSR count). The number of anilines is 1. The number of carbonyl (C=O) groups is 1. The standard InChI is InChI=1S/C21H23N3O/c1-23(2)19-10-8-17(9-11-19)12-13-22-21(25)18-6-5-7-20(16-18)24-14-3-4-15-24/h3-11,14-16H,12-13H2,1-2H3,(H,22,25). The van der Waals surface area contributed by atoms with Gasteiger partial charge in [-0.1, -0.05) is 18.2 Å². The van der Waals surface area contributed by atoms with E-state index < -0.39 is 0 Å². The number of nitrogens with zero attached hydrogens (tertiary/aromatic N) is 2. The van der Waals surface area contributed by atoms with Gasteiger partial charge in [-0.15, -0.1) is 0 Å². The number of carbonyl (C=O) groups excluding carboxylic acids is 1. The van der Waals surface area contributed by atoms with Crippen LogP contribution in [-0.2, 0) is 6.42 Å². The van der Waals surface area contributed by atoms with Crippen LogP contribution < -0.4 is 10.2 Å². The average molecular weight is 333 g/mol. The molecule has 0 radical (unpaired) electrons. The summed E-state index contributed by atoms with van der Waals surface area (Å²) in [5.74, 6) is -0.0427. The summed E-state index contributed by atoms with van der Waals surface area (Å²) < 4.78 is 1.99. The van der Waals surface area contributed by atoms with Crippen LogP contribution in [0.1, 0.15) is 15.9 Å². The highest BCUT2D eigenvalue weighted by Gasteiger charge is 2.06. The van der Waals surface area contributed by atoms with Gasteiger partial charge >= 0.3 is 0 Å². The minimum atomic E-state index is -0.0427. The predicted octanol–water partition coefficient (Wildman–Crippen LogP) is 3.52. The molecule has 1 N–H and O–H groups in total. The molecule has 0 saturated carbocycles. The Balaban J connectivity index is 1.57. The van der Waals surface area contributed by atoms with Gasteiger partial charge in [0.05, 0.1) is 0 Å². The van der Waals surface area contributed by atoms with Gasteiger partial charge in [0.25, 0.3) is 5.91 Å². The molecule has 25 heavy (non-hydrogen) atoms. The molecular formula is C21H23N3O. The number of hydrogen-bond acceptors (Lipinski definition) is 2. The van der Waals surface area contributed by atoms with Gasteiger partial charge in [0.1, 0.15) is 0 Å². The third kappa shape index (κ3) is 4.29. The van der Waals surface area contributed by atoms with Crippen molar-refractivity contribution in [3.05, 3.63) is 84.2 Å². The second-order valence-corrected chi connectivity index (χ2v) is 6.21. The van der Waals surface area contributed by atoms with Gasteiger partial charge in [-0.25, -0.2) is 0 Å². The van der Waals surface area contributed by atoms with Crippen molar-refractivity contribution >= 4 is 11.6 Å². The molecule has 0 aliphatic carbocycles. The van der Waals surface area contributed by atoms with Crippen LogP contribution in [0.5, 0.6) is 0 Å². The van der Waals surface area contributed by atoms with E-state index in [2.05, 4.69) is 34.5 Å². The molecule has 4 nitrogen and oxygen atoms in total. The van der Waals surface area contributed by atoms with E-state index in [9.17, 15) is 4.79 Å². The minimum Gasteiger partial charge on any atom is -0.378 e. The SMILES string of the molecule is CN(C)c1ccc(CCNC(=O)c2cccc(-n3cccc3)c2)cc1. The summed E-state index contributed by atoms with van der Waals surface area (Å²) in [6.07, 6.45) is 4.75. The van der Waals surface area contributed by atoms with Crippen molar-refractivity contribution in [2.24, 2.45) is 0 Å². The zero-order chi connectivity index (χ0) is 17.6. The minimum absolute atomic E-state index is 0.0427. The maximum absolute atomic E-state index is 12.4. The first-order valence-electron chi connectivity index (χ1n) is 8.41. The van der Waals surface area contributed by atoms with Crippen LogP contribution in [-0.4, -0.2) is 31.1 Å². The molecule has 0 fully saturated rings. The molecule has 1 amide bonds. The Morgan fingerprint density at radius 3 is 2.40 bits per heavy atom. The summed E-state index contributed by atoms with van der Waals surface area (Å²) in [7, 11) is 4.05. The normalized spacial score (nSPS) is 10.5. The van der Waals surface area contributed by atoms with Crippen molar-refractivity contribution in [1.82, 2.24) is 9.88 Å². The molecule has 0 aliphatic rings. The zero-order valence-electron chi connectivity index (χ0n) is 14.6. The van der Waals surface area contributed by atoms with E-state index in [0.717, 1.165) is 12.1 Å². The first-order valence-corrected chi connectivity index (χ1v) is 8.41. The van der Waals surface area contributed by atoms with Gasteiger partial charge in [0.2, 0.25) is 0 Å².